The van der Waals surface area contributed by atoms with Crippen molar-refractivity contribution in [1.29, 1.82) is 5.26 Å². The number of ether oxygens (including phenoxy) is 1. The summed E-state index contributed by atoms with van der Waals surface area (Å²) < 4.78 is 5.07. The molecular formula is C14H11ClN2O2. The fraction of sp³-hybridized carbons (Fsp3) is 0.143. The van der Waals surface area contributed by atoms with Crippen LogP contribution in [0.3, 0.4) is 0 Å². The lowest BCUT2D eigenvalue weighted by atomic mass is 9.97. The summed E-state index contributed by atoms with van der Waals surface area (Å²) in [5, 5.41) is 19.0. The lowest BCUT2D eigenvalue weighted by Crippen LogP contribution is -1.94. The third-order valence-electron chi connectivity index (χ3n) is 2.80. The third-order valence-corrected chi connectivity index (χ3v) is 3.09. The van der Waals surface area contributed by atoms with Crippen LogP contribution in [0.5, 0.6) is 11.5 Å². The predicted molar refractivity (Wildman–Crippen MR) is 72.4 cm³/mol. The van der Waals surface area contributed by atoms with E-state index in [2.05, 4.69) is 11.1 Å². The Balaban J connectivity index is 2.72. The molecular weight excluding hydrogens is 264 g/mol. The summed E-state index contributed by atoms with van der Waals surface area (Å²) in [4.78, 5) is 3.96. The van der Waals surface area contributed by atoms with E-state index in [0.717, 1.165) is 11.1 Å². The summed E-state index contributed by atoms with van der Waals surface area (Å²) >= 11 is 5.94. The van der Waals surface area contributed by atoms with E-state index >= 15 is 0 Å². The van der Waals surface area contributed by atoms with Crippen LogP contribution in [0.15, 0.2) is 24.4 Å². The quantitative estimate of drug-likeness (QED) is 0.853. The van der Waals surface area contributed by atoms with Crippen molar-refractivity contribution in [2.75, 3.05) is 7.11 Å². The SMILES string of the molecule is COc1cc(-c2c(C)cnc(Cl)c2C#N)ccc1O. The molecule has 5 heteroatoms. The summed E-state index contributed by atoms with van der Waals surface area (Å²) in [6, 6.07) is 6.94. The van der Waals surface area contributed by atoms with Gasteiger partial charge in [-0.2, -0.15) is 5.26 Å². The zero-order valence-electron chi connectivity index (χ0n) is 10.4. The first-order valence-electron chi connectivity index (χ1n) is 5.51. The molecule has 0 amide bonds. The highest BCUT2D eigenvalue weighted by Crippen LogP contribution is 2.35. The summed E-state index contributed by atoms with van der Waals surface area (Å²) in [5.41, 5.74) is 2.58. The number of hydrogen-bond acceptors (Lipinski definition) is 4. The molecule has 0 spiro atoms. The number of aromatic hydroxyl groups is 1. The fourth-order valence-corrected chi connectivity index (χ4v) is 2.08. The number of nitriles is 1. The topological polar surface area (TPSA) is 66.1 Å². The molecule has 0 radical (unpaired) electrons. The fourth-order valence-electron chi connectivity index (χ4n) is 1.89. The number of halogens is 1. The minimum absolute atomic E-state index is 0.0440. The Labute approximate surface area is 115 Å². The van der Waals surface area contributed by atoms with Gasteiger partial charge >= 0.3 is 0 Å². The van der Waals surface area contributed by atoms with E-state index in [-0.39, 0.29) is 10.9 Å². The molecule has 1 heterocycles. The monoisotopic (exact) mass is 274 g/mol. The molecule has 0 aliphatic rings. The van der Waals surface area contributed by atoms with Gasteiger partial charge in [0.25, 0.3) is 0 Å². The van der Waals surface area contributed by atoms with Gasteiger partial charge in [-0.05, 0) is 30.2 Å². The van der Waals surface area contributed by atoms with Crippen molar-refractivity contribution in [3.05, 3.63) is 40.7 Å². The number of phenols is 1. The number of pyridine rings is 1. The molecule has 2 rings (SSSR count). The van der Waals surface area contributed by atoms with Crippen LogP contribution in [-0.2, 0) is 0 Å². The van der Waals surface area contributed by atoms with Crippen molar-refractivity contribution in [1.82, 2.24) is 4.98 Å². The van der Waals surface area contributed by atoms with Crippen molar-refractivity contribution in [2.45, 2.75) is 6.92 Å². The highest BCUT2D eigenvalue weighted by atomic mass is 35.5. The van der Waals surface area contributed by atoms with E-state index in [4.69, 9.17) is 16.3 Å². The van der Waals surface area contributed by atoms with Gasteiger partial charge in [0.15, 0.2) is 11.5 Å². The molecule has 0 aliphatic carbocycles. The highest BCUT2D eigenvalue weighted by Gasteiger charge is 2.14. The van der Waals surface area contributed by atoms with Crippen molar-refractivity contribution in [3.8, 4) is 28.7 Å². The van der Waals surface area contributed by atoms with Crippen molar-refractivity contribution in [3.63, 3.8) is 0 Å². The van der Waals surface area contributed by atoms with Crippen LogP contribution in [0, 0.1) is 18.3 Å². The van der Waals surface area contributed by atoms with Crippen LogP contribution in [-0.4, -0.2) is 17.2 Å². The van der Waals surface area contributed by atoms with Gasteiger partial charge in [-0.1, -0.05) is 17.7 Å². The molecule has 0 saturated heterocycles. The molecule has 96 valence electrons. The Morgan fingerprint density at radius 1 is 1.42 bits per heavy atom. The molecule has 0 bridgehead atoms. The lowest BCUT2D eigenvalue weighted by molar-refractivity contribution is 0.373. The van der Waals surface area contributed by atoms with Crippen molar-refractivity contribution < 1.29 is 9.84 Å². The molecule has 2 aromatic rings. The maximum atomic E-state index is 9.60. The van der Waals surface area contributed by atoms with Crippen LogP contribution in [0.2, 0.25) is 5.15 Å². The summed E-state index contributed by atoms with van der Waals surface area (Å²) in [6.07, 6.45) is 1.61. The number of methoxy groups -OCH3 is 1. The van der Waals surface area contributed by atoms with E-state index < -0.39 is 0 Å². The number of phenolic OH excluding ortho intramolecular Hbond substituents is 1. The van der Waals surface area contributed by atoms with Gasteiger partial charge in [0.1, 0.15) is 11.2 Å². The number of aryl methyl sites for hydroxylation is 1. The zero-order valence-corrected chi connectivity index (χ0v) is 11.2. The van der Waals surface area contributed by atoms with Crippen LogP contribution in [0.25, 0.3) is 11.1 Å². The molecule has 0 saturated carbocycles. The first-order valence-corrected chi connectivity index (χ1v) is 5.89. The Bertz CT molecular complexity index is 678. The van der Waals surface area contributed by atoms with Crippen LogP contribution in [0.4, 0.5) is 0 Å². The summed E-state index contributed by atoms with van der Waals surface area (Å²) in [7, 11) is 1.47. The Kier molecular flexibility index (Phi) is 3.59. The molecule has 19 heavy (non-hydrogen) atoms. The van der Waals surface area contributed by atoms with Gasteiger partial charge in [-0.3, -0.25) is 0 Å². The van der Waals surface area contributed by atoms with Crippen molar-refractivity contribution >= 4 is 11.6 Å². The minimum atomic E-state index is 0.0440. The Morgan fingerprint density at radius 2 is 2.16 bits per heavy atom. The Hall–Kier alpha value is -2.25. The maximum absolute atomic E-state index is 9.60. The average molecular weight is 275 g/mol. The standard InChI is InChI=1S/C14H11ClN2O2/c1-8-7-17-14(15)10(6-16)13(8)9-3-4-11(18)12(5-9)19-2/h3-5,7,18H,1-2H3. The van der Waals surface area contributed by atoms with Crippen LogP contribution in [0.1, 0.15) is 11.1 Å². The first kappa shape index (κ1) is 13.2. The molecule has 4 nitrogen and oxygen atoms in total. The molecule has 0 unspecified atom stereocenters. The van der Waals surface area contributed by atoms with Gasteiger partial charge in [0, 0.05) is 11.8 Å². The van der Waals surface area contributed by atoms with Crippen LogP contribution < -0.4 is 4.74 Å². The summed E-state index contributed by atoms with van der Waals surface area (Å²) in [6.45, 7) is 1.85. The van der Waals surface area contributed by atoms with Crippen LogP contribution >= 0.6 is 11.6 Å². The molecule has 0 atom stereocenters. The number of benzene rings is 1. The predicted octanol–water partition coefficient (Wildman–Crippen LogP) is 3.30. The van der Waals surface area contributed by atoms with E-state index in [1.54, 1.807) is 18.3 Å². The maximum Gasteiger partial charge on any atom is 0.161 e. The normalized spacial score (nSPS) is 10.0. The molecule has 1 aromatic carbocycles. The van der Waals surface area contributed by atoms with E-state index in [1.807, 2.05) is 6.92 Å². The smallest absolute Gasteiger partial charge is 0.161 e. The zero-order chi connectivity index (χ0) is 14.0. The first-order chi connectivity index (χ1) is 9.08. The van der Waals surface area contributed by atoms with Gasteiger partial charge in [0.2, 0.25) is 0 Å². The largest absolute Gasteiger partial charge is 0.504 e. The van der Waals surface area contributed by atoms with Gasteiger partial charge in [0.05, 0.1) is 12.7 Å². The van der Waals surface area contributed by atoms with Crippen molar-refractivity contribution in [2.24, 2.45) is 0 Å². The van der Waals surface area contributed by atoms with E-state index in [9.17, 15) is 10.4 Å². The third kappa shape index (κ3) is 2.33. The number of rotatable bonds is 2. The Morgan fingerprint density at radius 3 is 2.79 bits per heavy atom. The van der Waals surface area contributed by atoms with Gasteiger partial charge < -0.3 is 9.84 Å². The summed E-state index contributed by atoms with van der Waals surface area (Å²) in [5.74, 6) is 0.385. The molecule has 0 aliphatic heterocycles. The lowest BCUT2D eigenvalue weighted by Gasteiger charge is -2.11. The second kappa shape index (κ2) is 5.17. The second-order valence-corrected chi connectivity index (χ2v) is 4.34. The highest BCUT2D eigenvalue weighted by molar-refractivity contribution is 6.31. The van der Waals surface area contributed by atoms with E-state index in [0.29, 0.717) is 16.9 Å². The molecule has 0 fully saturated rings. The number of aromatic nitrogens is 1. The number of nitrogens with zero attached hydrogens (tertiary/aromatic N) is 2. The van der Waals surface area contributed by atoms with Gasteiger partial charge in [-0.15, -0.1) is 0 Å². The van der Waals surface area contributed by atoms with Gasteiger partial charge in [-0.25, -0.2) is 4.98 Å². The average Bonchev–Trinajstić information content (AvgIpc) is 2.42. The molecule has 1 N–H and O–H groups in total. The molecule has 1 aromatic heterocycles. The number of hydrogen-bond donors (Lipinski definition) is 1. The minimum Gasteiger partial charge on any atom is -0.504 e. The van der Waals surface area contributed by atoms with E-state index in [1.165, 1.54) is 13.2 Å². The second-order valence-electron chi connectivity index (χ2n) is 3.98.